The van der Waals surface area contributed by atoms with Gasteiger partial charge in [0.25, 0.3) is 0 Å². The van der Waals surface area contributed by atoms with Crippen molar-refractivity contribution in [2.45, 2.75) is 12.1 Å². The fourth-order valence-electron chi connectivity index (χ4n) is 2.18. The third-order valence-corrected chi connectivity index (χ3v) is 3.90. The summed E-state index contributed by atoms with van der Waals surface area (Å²) in [6.45, 7) is 0. The Hall–Kier alpha value is -2.51. The van der Waals surface area contributed by atoms with E-state index in [9.17, 15) is 21.6 Å². The van der Waals surface area contributed by atoms with E-state index in [-0.39, 0.29) is 5.56 Å². The van der Waals surface area contributed by atoms with Crippen LogP contribution in [0.5, 0.6) is 5.75 Å². The van der Waals surface area contributed by atoms with Crippen LogP contribution >= 0.6 is 0 Å². The highest BCUT2D eigenvalue weighted by atomic mass is 32.2. The second-order valence-electron chi connectivity index (χ2n) is 4.95. The van der Waals surface area contributed by atoms with Gasteiger partial charge in [0.2, 0.25) is 10.0 Å². The Labute approximate surface area is 135 Å². The number of primary sulfonamides is 1. The molecule has 0 aliphatic carbocycles. The van der Waals surface area contributed by atoms with E-state index in [2.05, 4.69) is 4.74 Å². The fourth-order valence-corrected chi connectivity index (χ4v) is 2.85. The van der Waals surface area contributed by atoms with E-state index < -0.39 is 27.9 Å². The van der Waals surface area contributed by atoms with Gasteiger partial charge in [0, 0.05) is 23.9 Å². The quantitative estimate of drug-likeness (QED) is 0.905. The van der Waals surface area contributed by atoms with Crippen LogP contribution in [0.3, 0.4) is 0 Å². The topological polar surface area (TPSA) is 98.1 Å². The van der Waals surface area contributed by atoms with Crippen molar-refractivity contribution in [1.29, 1.82) is 5.26 Å². The van der Waals surface area contributed by atoms with Crippen LogP contribution in [0.1, 0.15) is 11.3 Å². The molecule has 1 aromatic heterocycles. The number of hydrogen-bond acceptors (Lipinski definition) is 4. The third-order valence-electron chi connectivity index (χ3n) is 3.18. The molecule has 0 bridgehead atoms. The number of sulfonamides is 1. The van der Waals surface area contributed by atoms with E-state index in [1.807, 2.05) is 6.07 Å². The van der Waals surface area contributed by atoms with Crippen LogP contribution in [0.2, 0.25) is 0 Å². The van der Waals surface area contributed by atoms with Crippen molar-refractivity contribution in [2.24, 2.45) is 12.2 Å². The molecule has 0 atom stereocenters. The standard InChI is InChI=1S/C14H12F3N3O3S/c1-20-11(7-18)4-5-12(20)9-2-3-10(8-24(19,21)22)13(6-9)23-14(15,16)17/h2-6H,8H2,1H3,(H2,19,21,22). The first-order valence-electron chi connectivity index (χ1n) is 6.45. The Bertz CT molecular complexity index is 912. The van der Waals surface area contributed by atoms with Crippen LogP contribution in [-0.4, -0.2) is 19.3 Å². The number of nitriles is 1. The van der Waals surface area contributed by atoms with Gasteiger partial charge in [-0.3, -0.25) is 0 Å². The summed E-state index contributed by atoms with van der Waals surface area (Å²) in [6, 6.07) is 8.69. The van der Waals surface area contributed by atoms with Crippen LogP contribution in [0.25, 0.3) is 11.3 Å². The molecule has 2 N–H and O–H groups in total. The van der Waals surface area contributed by atoms with Gasteiger partial charge in [0.15, 0.2) is 0 Å². The second kappa shape index (κ2) is 6.18. The number of ether oxygens (including phenoxy) is 1. The van der Waals surface area contributed by atoms with Gasteiger partial charge < -0.3 is 9.30 Å². The lowest BCUT2D eigenvalue weighted by Gasteiger charge is -2.15. The van der Waals surface area contributed by atoms with E-state index in [4.69, 9.17) is 10.4 Å². The summed E-state index contributed by atoms with van der Waals surface area (Å²) >= 11 is 0. The molecular weight excluding hydrogens is 347 g/mol. The summed E-state index contributed by atoms with van der Waals surface area (Å²) in [6.07, 6.45) is -4.99. The molecule has 6 nitrogen and oxygen atoms in total. The van der Waals surface area contributed by atoms with Gasteiger partial charge in [-0.15, -0.1) is 13.2 Å². The van der Waals surface area contributed by atoms with Crippen molar-refractivity contribution >= 4 is 10.0 Å². The van der Waals surface area contributed by atoms with Crippen molar-refractivity contribution in [1.82, 2.24) is 4.57 Å². The molecule has 0 spiro atoms. The first-order valence-corrected chi connectivity index (χ1v) is 8.17. The van der Waals surface area contributed by atoms with Crippen LogP contribution in [0.15, 0.2) is 30.3 Å². The van der Waals surface area contributed by atoms with Crippen LogP contribution in [0, 0.1) is 11.3 Å². The van der Waals surface area contributed by atoms with Gasteiger partial charge >= 0.3 is 6.36 Å². The molecule has 128 valence electrons. The number of halogens is 3. The summed E-state index contributed by atoms with van der Waals surface area (Å²) < 4.78 is 65.5. The average Bonchev–Trinajstić information content (AvgIpc) is 2.79. The Balaban J connectivity index is 2.54. The zero-order chi connectivity index (χ0) is 18.1. The van der Waals surface area contributed by atoms with E-state index in [0.717, 1.165) is 6.07 Å². The molecule has 2 aromatic rings. The third kappa shape index (κ3) is 4.27. The first-order chi connectivity index (χ1) is 11.0. The van der Waals surface area contributed by atoms with E-state index >= 15 is 0 Å². The lowest BCUT2D eigenvalue weighted by atomic mass is 10.1. The Morgan fingerprint density at radius 2 is 1.96 bits per heavy atom. The first kappa shape index (κ1) is 17.8. The number of benzene rings is 1. The minimum atomic E-state index is -4.99. The fraction of sp³-hybridized carbons (Fsp3) is 0.214. The summed E-state index contributed by atoms with van der Waals surface area (Å²) in [7, 11) is -2.46. The molecule has 24 heavy (non-hydrogen) atoms. The average molecular weight is 359 g/mol. The molecule has 0 saturated heterocycles. The molecule has 0 aliphatic heterocycles. The van der Waals surface area contributed by atoms with E-state index in [1.165, 1.54) is 22.8 Å². The highest BCUT2D eigenvalue weighted by Crippen LogP contribution is 2.32. The van der Waals surface area contributed by atoms with Crippen LogP contribution < -0.4 is 9.88 Å². The van der Waals surface area contributed by atoms with Crippen molar-refractivity contribution in [3.63, 3.8) is 0 Å². The number of nitrogens with two attached hydrogens (primary N) is 1. The minimum Gasteiger partial charge on any atom is -0.405 e. The van der Waals surface area contributed by atoms with Gasteiger partial charge in [-0.05, 0) is 18.2 Å². The molecule has 1 aromatic carbocycles. The predicted molar refractivity (Wildman–Crippen MR) is 79.1 cm³/mol. The van der Waals surface area contributed by atoms with Crippen molar-refractivity contribution < 1.29 is 26.3 Å². The highest BCUT2D eigenvalue weighted by Gasteiger charge is 2.32. The summed E-state index contributed by atoms with van der Waals surface area (Å²) in [5, 5.41) is 13.8. The molecule has 0 saturated carbocycles. The SMILES string of the molecule is Cn1c(C#N)ccc1-c1ccc(CS(N)(=O)=O)c(OC(F)(F)F)c1. The molecule has 0 aliphatic rings. The van der Waals surface area contributed by atoms with Gasteiger partial charge in [0.05, 0.1) is 5.75 Å². The number of alkyl halides is 3. The van der Waals surface area contributed by atoms with E-state index in [1.54, 1.807) is 13.1 Å². The lowest BCUT2D eigenvalue weighted by Crippen LogP contribution is -2.20. The van der Waals surface area contributed by atoms with Crippen molar-refractivity contribution in [3.05, 3.63) is 41.6 Å². The van der Waals surface area contributed by atoms with Crippen molar-refractivity contribution in [2.75, 3.05) is 0 Å². The molecule has 0 amide bonds. The smallest absolute Gasteiger partial charge is 0.405 e. The molecule has 2 rings (SSSR count). The van der Waals surface area contributed by atoms with Gasteiger partial charge in [0.1, 0.15) is 17.5 Å². The zero-order valence-electron chi connectivity index (χ0n) is 12.3. The largest absolute Gasteiger partial charge is 0.573 e. The Morgan fingerprint density at radius 3 is 2.46 bits per heavy atom. The number of aromatic nitrogens is 1. The monoisotopic (exact) mass is 359 g/mol. The molecule has 0 radical (unpaired) electrons. The maximum atomic E-state index is 12.6. The summed E-state index contributed by atoms with van der Waals surface area (Å²) in [5.41, 5.74) is 0.905. The highest BCUT2D eigenvalue weighted by molar-refractivity contribution is 7.88. The summed E-state index contributed by atoms with van der Waals surface area (Å²) in [4.78, 5) is 0. The molecule has 0 unspecified atom stereocenters. The zero-order valence-corrected chi connectivity index (χ0v) is 13.1. The number of rotatable bonds is 4. The number of hydrogen-bond donors (Lipinski definition) is 1. The van der Waals surface area contributed by atoms with Gasteiger partial charge in [-0.25, -0.2) is 13.6 Å². The Kier molecular flexibility index (Phi) is 4.59. The normalized spacial score (nSPS) is 12.0. The molecule has 1 heterocycles. The molecule has 0 fully saturated rings. The maximum Gasteiger partial charge on any atom is 0.573 e. The molecule has 10 heteroatoms. The number of nitrogens with zero attached hydrogens (tertiary/aromatic N) is 2. The van der Waals surface area contributed by atoms with Gasteiger partial charge in [-0.1, -0.05) is 12.1 Å². The van der Waals surface area contributed by atoms with Gasteiger partial charge in [-0.2, -0.15) is 5.26 Å². The predicted octanol–water partition coefficient (Wildman–Crippen LogP) is 2.25. The van der Waals surface area contributed by atoms with Crippen molar-refractivity contribution in [3.8, 4) is 23.1 Å². The lowest BCUT2D eigenvalue weighted by molar-refractivity contribution is -0.274. The summed E-state index contributed by atoms with van der Waals surface area (Å²) in [5.74, 6) is -1.45. The molecular formula is C14H12F3N3O3S. The maximum absolute atomic E-state index is 12.6. The Morgan fingerprint density at radius 1 is 1.29 bits per heavy atom. The van der Waals surface area contributed by atoms with E-state index in [0.29, 0.717) is 17.0 Å². The second-order valence-corrected chi connectivity index (χ2v) is 6.57. The minimum absolute atomic E-state index is 0.215. The van der Waals surface area contributed by atoms with Crippen LogP contribution in [-0.2, 0) is 22.8 Å². The van der Waals surface area contributed by atoms with Crippen LogP contribution in [0.4, 0.5) is 13.2 Å².